The monoisotopic (exact) mass is 506 g/mol. The van der Waals surface area contributed by atoms with Gasteiger partial charge in [0.05, 0.1) is 30.8 Å². The molecule has 1 saturated heterocycles. The van der Waals surface area contributed by atoms with Crippen molar-refractivity contribution in [2.45, 2.75) is 51.2 Å². The number of carbonyl (C=O) groups is 1. The lowest BCUT2D eigenvalue weighted by atomic mass is 10.1. The largest absolute Gasteiger partial charge is 0.491 e. The first kappa shape index (κ1) is 26.8. The molecule has 190 valence electrons. The fraction of sp³-hybridized carbons (Fsp3) is 0.444. The maximum Gasteiger partial charge on any atom is 0.255 e. The van der Waals surface area contributed by atoms with Gasteiger partial charge in [-0.05, 0) is 43.7 Å². The Balaban J connectivity index is 1.68. The lowest BCUT2D eigenvalue weighted by Gasteiger charge is -2.28. The lowest BCUT2D eigenvalue weighted by Crippen LogP contribution is -2.36. The first-order valence-electron chi connectivity index (χ1n) is 11.6. The van der Waals surface area contributed by atoms with Gasteiger partial charge in [0.1, 0.15) is 22.1 Å². The minimum atomic E-state index is -2.66. The van der Waals surface area contributed by atoms with Crippen molar-refractivity contribution in [1.29, 1.82) is 0 Å². The molecule has 1 aliphatic carbocycles. The highest BCUT2D eigenvalue weighted by atomic mass is 35.5. The normalized spacial score (nSPS) is 24.8. The van der Waals surface area contributed by atoms with Crippen LogP contribution in [0.1, 0.15) is 45.2 Å². The molecule has 0 radical (unpaired) electrons. The van der Waals surface area contributed by atoms with Crippen LogP contribution in [0.2, 0.25) is 0 Å². The minimum Gasteiger partial charge on any atom is -0.491 e. The number of ether oxygens (including phenoxy) is 2. The Morgan fingerprint density at radius 2 is 2.00 bits per heavy atom. The van der Waals surface area contributed by atoms with Crippen molar-refractivity contribution >= 4 is 17.5 Å². The summed E-state index contributed by atoms with van der Waals surface area (Å²) in [7, 11) is 0. The number of benzene rings is 1. The molecule has 2 fully saturated rings. The third-order valence-corrected chi connectivity index (χ3v) is 6.62. The number of carbonyl (C=O) groups excluding carboxylic acids is 1. The van der Waals surface area contributed by atoms with Crippen molar-refractivity contribution in [1.82, 2.24) is 10.2 Å². The minimum absolute atomic E-state index is 0.0806. The number of hydrogen-bond donors (Lipinski definition) is 1. The fourth-order valence-corrected chi connectivity index (χ4v) is 4.44. The highest BCUT2D eigenvalue weighted by Crippen LogP contribution is 2.49. The van der Waals surface area contributed by atoms with Gasteiger partial charge in [-0.1, -0.05) is 43.0 Å². The van der Waals surface area contributed by atoms with E-state index in [-0.39, 0.29) is 30.7 Å². The third-order valence-electron chi connectivity index (χ3n) is 6.24. The van der Waals surface area contributed by atoms with Gasteiger partial charge in [0.25, 0.3) is 5.92 Å². The van der Waals surface area contributed by atoms with Gasteiger partial charge in [-0.2, -0.15) is 0 Å². The van der Waals surface area contributed by atoms with Crippen LogP contribution in [-0.4, -0.2) is 42.0 Å². The topological polar surface area (TPSA) is 50.8 Å². The van der Waals surface area contributed by atoms with Crippen molar-refractivity contribution in [3.63, 3.8) is 0 Å². The van der Waals surface area contributed by atoms with Gasteiger partial charge in [0, 0.05) is 26.3 Å². The smallest absolute Gasteiger partial charge is 0.255 e. The van der Waals surface area contributed by atoms with E-state index in [2.05, 4.69) is 23.4 Å². The molecule has 1 aromatic rings. The molecule has 8 heteroatoms. The molecule has 5 nitrogen and oxygen atoms in total. The van der Waals surface area contributed by atoms with Crippen molar-refractivity contribution in [3.8, 4) is 5.75 Å². The van der Waals surface area contributed by atoms with Crippen LogP contribution in [0, 0.1) is 5.92 Å². The van der Waals surface area contributed by atoms with Gasteiger partial charge >= 0.3 is 0 Å². The average molecular weight is 507 g/mol. The van der Waals surface area contributed by atoms with Crippen molar-refractivity contribution in [2.75, 3.05) is 19.7 Å². The Morgan fingerprint density at radius 1 is 1.34 bits per heavy atom. The van der Waals surface area contributed by atoms with E-state index in [0.717, 1.165) is 17.7 Å². The van der Waals surface area contributed by atoms with Crippen LogP contribution in [0.3, 0.4) is 0 Å². The summed E-state index contributed by atoms with van der Waals surface area (Å²) >= 11 is 6.65. The van der Waals surface area contributed by atoms with E-state index >= 15 is 0 Å². The number of nitrogens with one attached hydrogen (secondary N) is 1. The van der Waals surface area contributed by atoms with Crippen molar-refractivity contribution in [2.24, 2.45) is 5.92 Å². The zero-order chi connectivity index (χ0) is 25.8. The van der Waals surface area contributed by atoms with Crippen LogP contribution in [-0.2, 0) is 9.53 Å². The summed E-state index contributed by atoms with van der Waals surface area (Å²) < 4.78 is 38.4. The first-order valence-corrected chi connectivity index (χ1v) is 12.0. The van der Waals surface area contributed by atoms with E-state index < -0.39 is 17.4 Å². The molecule has 0 aromatic heterocycles. The van der Waals surface area contributed by atoms with Gasteiger partial charge in [0.15, 0.2) is 0 Å². The van der Waals surface area contributed by atoms with Gasteiger partial charge in [-0.15, -0.1) is 0 Å². The lowest BCUT2D eigenvalue weighted by molar-refractivity contribution is -0.119. The summed E-state index contributed by atoms with van der Waals surface area (Å²) in [5, 5.41) is 3.16. The predicted octanol–water partition coefficient (Wildman–Crippen LogP) is 6.11. The second-order valence-electron chi connectivity index (χ2n) is 9.36. The molecule has 1 saturated carbocycles. The summed E-state index contributed by atoms with van der Waals surface area (Å²) in [4.78, 5) is 13.4. The number of allylic oxidation sites excluding steroid dienone is 4. The molecule has 2 unspecified atom stereocenters. The second-order valence-corrected chi connectivity index (χ2v) is 9.74. The quantitative estimate of drug-likeness (QED) is 0.291. The highest BCUT2D eigenvalue weighted by Gasteiger charge is 2.57. The SMILES string of the molecule is C=C/C=C(\C(Cl)=C(/C=C)OCC1CC1(F)F)N1CC[C@](C)(Oc2ccc(C(C)NC(C)=O)cc2)C1. The standard InChI is InChI=1S/C27H33ClF2N2O3/c1-6-8-23(25(28)24(7-2)34-16-21-15-27(21,29)30)32-14-13-26(5,17-32)35-22-11-9-20(10-12-22)18(3)31-19(4)33/h6-12,18,21H,1-2,13-17H2,3-5H3,(H,31,33)/b23-8+,25-24-/t18?,21?,26-/m0/s1. The summed E-state index contributed by atoms with van der Waals surface area (Å²) in [6, 6.07) is 7.57. The first-order chi connectivity index (χ1) is 16.5. The zero-order valence-electron chi connectivity index (χ0n) is 20.5. The summed E-state index contributed by atoms with van der Waals surface area (Å²) in [5.41, 5.74) is 1.18. The maximum absolute atomic E-state index is 13.2. The number of halogens is 3. The van der Waals surface area contributed by atoms with Crippen LogP contribution in [0.4, 0.5) is 8.78 Å². The van der Waals surface area contributed by atoms with E-state index in [9.17, 15) is 13.6 Å². The van der Waals surface area contributed by atoms with Gasteiger partial charge < -0.3 is 19.7 Å². The van der Waals surface area contributed by atoms with Crippen LogP contribution in [0.15, 0.2) is 72.1 Å². The molecule has 2 aliphatic rings. The van der Waals surface area contributed by atoms with E-state index in [1.165, 1.54) is 13.0 Å². The zero-order valence-corrected chi connectivity index (χ0v) is 21.2. The molecule has 1 aliphatic heterocycles. The number of alkyl halides is 2. The fourth-order valence-electron chi connectivity index (χ4n) is 4.13. The van der Waals surface area contributed by atoms with Crippen LogP contribution in [0.25, 0.3) is 0 Å². The number of hydrogen-bond acceptors (Lipinski definition) is 4. The van der Waals surface area contributed by atoms with Gasteiger partial charge in [0.2, 0.25) is 5.91 Å². The van der Waals surface area contributed by atoms with Crippen LogP contribution >= 0.6 is 11.6 Å². The van der Waals surface area contributed by atoms with Crippen LogP contribution < -0.4 is 10.1 Å². The molecule has 3 atom stereocenters. The maximum atomic E-state index is 13.2. The summed E-state index contributed by atoms with van der Waals surface area (Å²) in [5.74, 6) is -2.54. The van der Waals surface area contributed by atoms with E-state index in [4.69, 9.17) is 21.1 Å². The van der Waals surface area contributed by atoms with Crippen LogP contribution in [0.5, 0.6) is 5.75 Å². The molecule has 35 heavy (non-hydrogen) atoms. The Bertz CT molecular complexity index is 1020. The third kappa shape index (κ3) is 6.88. The van der Waals surface area contributed by atoms with Gasteiger partial charge in [-0.3, -0.25) is 4.79 Å². The van der Waals surface area contributed by atoms with E-state index in [1.54, 1.807) is 12.2 Å². The molecule has 1 aromatic carbocycles. The molecule has 3 rings (SSSR count). The van der Waals surface area contributed by atoms with Crippen molar-refractivity contribution < 1.29 is 23.0 Å². The Morgan fingerprint density at radius 3 is 2.54 bits per heavy atom. The highest BCUT2D eigenvalue weighted by molar-refractivity contribution is 6.32. The van der Waals surface area contributed by atoms with E-state index in [1.807, 2.05) is 38.1 Å². The predicted molar refractivity (Wildman–Crippen MR) is 134 cm³/mol. The summed E-state index contributed by atoms with van der Waals surface area (Å²) in [6.45, 7) is 14.1. The van der Waals surface area contributed by atoms with Gasteiger partial charge in [-0.25, -0.2) is 8.78 Å². The number of nitrogens with zero attached hydrogens (tertiary/aromatic N) is 1. The summed E-state index contributed by atoms with van der Waals surface area (Å²) in [6.07, 6.45) is 5.41. The Kier molecular flexibility index (Phi) is 8.31. The molecule has 1 heterocycles. The molecule has 1 N–H and O–H groups in total. The molecular weight excluding hydrogens is 474 g/mol. The van der Waals surface area contributed by atoms with Crippen molar-refractivity contribution in [3.05, 3.63) is 77.7 Å². The molecular formula is C27H33ClF2N2O3. The second kappa shape index (κ2) is 10.9. The number of rotatable bonds is 11. The Hall–Kier alpha value is -2.80. The number of amides is 1. The average Bonchev–Trinajstić information content (AvgIpc) is 3.22. The van der Waals surface area contributed by atoms with E-state index in [0.29, 0.717) is 23.8 Å². The molecule has 1 amide bonds. The molecule has 0 spiro atoms. The molecule has 0 bridgehead atoms. The Labute approximate surface area is 211 Å². The number of likely N-dealkylation sites (tertiary alicyclic amines) is 1.